The minimum Gasteiger partial charge on any atom is -0.384 e. The summed E-state index contributed by atoms with van der Waals surface area (Å²) in [5.74, 6) is -0.926. The van der Waals surface area contributed by atoms with E-state index in [0.717, 1.165) is 10.1 Å². The van der Waals surface area contributed by atoms with Crippen molar-refractivity contribution in [1.29, 1.82) is 0 Å². The largest absolute Gasteiger partial charge is 0.384 e. The molecule has 0 aliphatic rings. The Morgan fingerprint density at radius 1 is 1.31 bits per heavy atom. The van der Waals surface area contributed by atoms with Crippen molar-refractivity contribution in [2.24, 2.45) is 5.73 Å². The molecule has 1 aromatic heterocycles. The molecule has 0 saturated heterocycles. The maximum absolute atomic E-state index is 10.7. The van der Waals surface area contributed by atoms with Crippen LogP contribution in [0.4, 0.5) is 0 Å². The van der Waals surface area contributed by atoms with Gasteiger partial charge in [0.25, 0.3) is 0 Å². The zero-order valence-corrected chi connectivity index (χ0v) is 9.15. The van der Waals surface area contributed by atoms with E-state index in [1.807, 2.05) is 24.3 Å². The number of hydrogen-bond acceptors (Lipinski definition) is 4. The Bertz CT molecular complexity index is 490. The van der Waals surface area contributed by atoms with Crippen LogP contribution in [-0.2, 0) is 4.79 Å². The third kappa shape index (κ3) is 1.92. The quantitative estimate of drug-likeness (QED) is 0.737. The number of aliphatic hydroxyl groups is 2. The van der Waals surface area contributed by atoms with E-state index in [4.69, 9.17) is 5.73 Å². The Morgan fingerprint density at radius 3 is 2.62 bits per heavy atom. The van der Waals surface area contributed by atoms with Crippen LogP contribution in [-0.4, -0.2) is 22.2 Å². The molecule has 0 fully saturated rings. The number of thiophene rings is 1. The van der Waals surface area contributed by atoms with Gasteiger partial charge in [0.2, 0.25) is 5.91 Å². The zero-order chi connectivity index (χ0) is 11.7. The first-order valence-corrected chi connectivity index (χ1v) is 5.55. The molecule has 2 aromatic rings. The second kappa shape index (κ2) is 4.21. The summed E-state index contributed by atoms with van der Waals surface area (Å²) in [6, 6.07) is 9.33. The number of aliphatic hydroxyl groups excluding tert-OH is 2. The summed E-state index contributed by atoms with van der Waals surface area (Å²) < 4.78 is 0.994. The molecular weight excluding hydrogens is 226 g/mol. The molecule has 2 unspecified atom stereocenters. The summed E-state index contributed by atoms with van der Waals surface area (Å²) in [6.45, 7) is 0. The van der Waals surface area contributed by atoms with Crippen LogP contribution in [0.2, 0.25) is 0 Å². The van der Waals surface area contributed by atoms with Gasteiger partial charge in [-0.3, -0.25) is 4.79 Å². The van der Waals surface area contributed by atoms with Gasteiger partial charge in [-0.15, -0.1) is 11.3 Å². The highest BCUT2D eigenvalue weighted by molar-refractivity contribution is 7.19. The van der Waals surface area contributed by atoms with Crippen molar-refractivity contribution in [3.05, 3.63) is 35.2 Å². The summed E-state index contributed by atoms with van der Waals surface area (Å²) in [5.41, 5.74) is 4.92. The van der Waals surface area contributed by atoms with E-state index in [1.54, 1.807) is 6.07 Å². The van der Waals surface area contributed by atoms with Gasteiger partial charge in [0, 0.05) is 9.58 Å². The molecule has 4 N–H and O–H groups in total. The first-order chi connectivity index (χ1) is 7.59. The zero-order valence-electron chi connectivity index (χ0n) is 8.33. The fraction of sp³-hybridized carbons (Fsp3) is 0.182. The summed E-state index contributed by atoms with van der Waals surface area (Å²) in [6.07, 6.45) is -2.82. The Kier molecular flexibility index (Phi) is 2.91. The summed E-state index contributed by atoms with van der Waals surface area (Å²) in [5, 5.41) is 20.0. The lowest BCUT2D eigenvalue weighted by Gasteiger charge is -2.12. The van der Waals surface area contributed by atoms with E-state index in [-0.39, 0.29) is 0 Å². The SMILES string of the molecule is NC(=O)C(O)C(O)c1cc2ccccc2s1. The fourth-order valence-electron chi connectivity index (χ4n) is 1.46. The average Bonchev–Trinajstić information content (AvgIpc) is 2.70. The van der Waals surface area contributed by atoms with E-state index in [1.165, 1.54) is 11.3 Å². The van der Waals surface area contributed by atoms with Gasteiger partial charge in [0.15, 0.2) is 6.10 Å². The number of hydrogen-bond donors (Lipinski definition) is 3. The van der Waals surface area contributed by atoms with Gasteiger partial charge in [-0.25, -0.2) is 0 Å². The van der Waals surface area contributed by atoms with Gasteiger partial charge in [-0.05, 0) is 17.5 Å². The molecule has 0 bridgehead atoms. The van der Waals surface area contributed by atoms with Crippen molar-refractivity contribution in [2.75, 3.05) is 0 Å². The molecule has 1 aromatic carbocycles. The first-order valence-electron chi connectivity index (χ1n) is 4.73. The number of rotatable bonds is 3. The maximum Gasteiger partial charge on any atom is 0.249 e. The average molecular weight is 237 g/mol. The van der Waals surface area contributed by atoms with Crippen LogP contribution in [0.1, 0.15) is 11.0 Å². The minimum atomic E-state index is -1.56. The normalized spacial score (nSPS) is 14.9. The van der Waals surface area contributed by atoms with Gasteiger partial charge < -0.3 is 15.9 Å². The molecule has 2 rings (SSSR count). The Hall–Kier alpha value is -1.43. The number of benzene rings is 1. The third-order valence-corrected chi connectivity index (χ3v) is 3.51. The third-order valence-electron chi connectivity index (χ3n) is 2.33. The molecule has 0 saturated carbocycles. The molecule has 84 valence electrons. The van der Waals surface area contributed by atoms with E-state index in [9.17, 15) is 15.0 Å². The Labute approximate surface area is 95.9 Å². The predicted molar refractivity (Wildman–Crippen MR) is 62.0 cm³/mol. The number of carbonyl (C=O) groups is 1. The molecule has 0 radical (unpaired) electrons. The lowest BCUT2D eigenvalue weighted by Crippen LogP contribution is -2.33. The predicted octanol–water partition coefficient (Wildman–Crippen LogP) is 0.781. The van der Waals surface area contributed by atoms with Gasteiger partial charge in [-0.2, -0.15) is 0 Å². The Morgan fingerprint density at radius 2 is 2.00 bits per heavy atom. The van der Waals surface area contributed by atoms with Crippen LogP contribution in [0, 0.1) is 0 Å². The highest BCUT2D eigenvalue weighted by atomic mass is 32.1. The van der Waals surface area contributed by atoms with Crippen LogP contribution >= 0.6 is 11.3 Å². The van der Waals surface area contributed by atoms with Crippen LogP contribution in [0.25, 0.3) is 10.1 Å². The van der Waals surface area contributed by atoms with Crippen molar-refractivity contribution >= 4 is 27.3 Å². The van der Waals surface area contributed by atoms with Gasteiger partial charge in [0.05, 0.1) is 0 Å². The first kappa shape index (κ1) is 11.1. The van der Waals surface area contributed by atoms with Gasteiger partial charge >= 0.3 is 0 Å². The van der Waals surface area contributed by atoms with Crippen LogP contribution in [0.15, 0.2) is 30.3 Å². The van der Waals surface area contributed by atoms with Crippen LogP contribution in [0.5, 0.6) is 0 Å². The lowest BCUT2D eigenvalue weighted by molar-refractivity contribution is -0.131. The second-order valence-corrected chi connectivity index (χ2v) is 4.59. The Balaban J connectivity index is 2.36. The van der Waals surface area contributed by atoms with Crippen LogP contribution < -0.4 is 5.73 Å². The summed E-state index contributed by atoms with van der Waals surface area (Å²) in [7, 11) is 0. The number of primary amides is 1. The number of amides is 1. The maximum atomic E-state index is 10.7. The van der Waals surface area contributed by atoms with Gasteiger partial charge in [0.1, 0.15) is 6.10 Å². The van der Waals surface area contributed by atoms with E-state index in [0.29, 0.717) is 4.88 Å². The molecule has 1 heterocycles. The smallest absolute Gasteiger partial charge is 0.249 e. The van der Waals surface area contributed by atoms with E-state index < -0.39 is 18.1 Å². The highest BCUT2D eigenvalue weighted by Crippen LogP contribution is 2.31. The number of nitrogens with two attached hydrogens (primary N) is 1. The van der Waals surface area contributed by atoms with Crippen molar-refractivity contribution in [2.45, 2.75) is 12.2 Å². The van der Waals surface area contributed by atoms with Crippen molar-refractivity contribution in [1.82, 2.24) is 0 Å². The van der Waals surface area contributed by atoms with Crippen molar-refractivity contribution < 1.29 is 15.0 Å². The van der Waals surface area contributed by atoms with E-state index >= 15 is 0 Å². The standard InChI is InChI=1S/C11H11NO3S/c12-11(15)10(14)9(13)8-5-6-3-1-2-4-7(6)16-8/h1-5,9-10,13-14H,(H2,12,15). The van der Waals surface area contributed by atoms with Crippen LogP contribution in [0.3, 0.4) is 0 Å². The molecule has 16 heavy (non-hydrogen) atoms. The summed E-state index contributed by atoms with van der Waals surface area (Å²) >= 11 is 1.33. The molecule has 4 nitrogen and oxygen atoms in total. The molecule has 0 spiro atoms. The topological polar surface area (TPSA) is 83.6 Å². The van der Waals surface area contributed by atoms with Crippen molar-refractivity contribution in [3.8, 4) is 0 Å². The summed E-state index contributed by atoms with van der Waals surface area (Å²) in [4.78, 5) is 11.3. The number of carbonyl (C=O) groups excluding carboxylic acids is 1. The molecule has 2 atom stereocenters. The van der Waals surface area contributed by atoms with Gasteiger partial charge in [-0.1, -0.05) is 18.2 Å². The number of fused-ring (bicyclic) bond motifs is 1. The highest BCUT2D eigenvalue weighted by Gasteiger charge is 2.24. The fourth-order valence-corrected chi connectivity index (χ4v) is 2.54. The molecule has 0 aliphatic carbocycles. The second-order valence-electron chi connectivity index (χ2n) is 3.48. The molecule has 5 heteroatoms. The molecule has 1 amide bonds. The molecular formula is C11H11NO3S. The minimum absolute atomic E-state index is 0.535. The van der Waals surface area contributed by atoms with E-state index in [2.05, 4.69) is 0 Å². The van der Waals surface area contributed by atoms with Crippen molar-refractivity contribution in [3.63, 3.8) is 0 Å². The molecule has 0 aliphatic heterocycles. The lowest BCUT2D eigenvalue weighted by atomic mass is 10.1. The monoisotopic (exact) mass is 237 g/mol.